The van der Waals surface area contributed by atoms with Crippen LogP contribution in [0.3, 0.4) is 0 Å². The zero-order chi connectivity index (χ0) is 18.9. The van der Waals surface area contributed by atoms with Crippen molar-refractivity contribution in [2.24, 2.45) is 0 Å². The molecule has 2 saturated heterocycles. The van der Waals surface area contributed by atoms with Gasteiger partial charge in [0.2, 0.25) is 0 Å². The molecule has 146 valence electrons. The molecule has 0 aliphatic carbocycles. The zero-order valence-corrected chi connectivity index (χ0v) is 17.1. The standard InChI is InChI=1S/C22H26N4OS/c1-16-15-26(12-13-27-16)17-8-10-25(11-9-17)22-18-5-2-3-6-19(18)23-21(24-22)20-7-4-14-28-20/h2-7,14,16-17H,8-13,15H2,1H3. The van der Waals surface area contributed by atoms with Crippen LogP contribution in [-0.4, -0.2) is 59.8 Å². The Kier molecular flexibility index (Phi) is 5.01. The number of benzene rings is 1. The van der Waals surface area contributed by atoms with Crippen molar-refractivity contribution in [2.45, 2.75) is 31.9 Å². The van der Waals surface area contributed by atoms with Crippen LogP contribution in [0.4, 0.5) is 5.82 Å². The van der Waals surface area contributed by atoms with Gasteiger partial charge in [0.1, 0.15) is 5.82 Å². The summed E-state index contributed by atoms with van der Waals surface area (Å²) in [5.41, 5.74) is 1.03. The maximum atomic E-state index is 5.72. The first kappa shape index (κ1) is 18.0. The number of anilines is 1. The highest BCUT2D eigenvalue weighted by atomic mass is 32.1. The molecule has 1 aromatic carbocycles. The summed E-state index contributed by atoms with van der Waals surface area (Å²) in [6.07, 6.45) is 2.71. The molecule has 4 heterocycles. The molecule has 2 aliphatic rings. The van der Waals surface area contributed by atoms with E-state index in [1.165, 1.54) is 12.8 Å². The van der Waals surface area contributed by atoms with E-state index >= 15 is 0 Å². The third-order valence-corrected chi connectivity index (χ3v) is 6.74. The molecule has 1 unspecified atom stereocenters. The van der Waals surface area contributed by atoms with E-state index in [1.54, 1.807) is 11.3 Å². The quantitative estimate of drug-likeness (QED) is 0.670. The lowest BCUT2D eigenvalue weighted by Crippen LogP contribution is -2.51. The molecule has 0 bridgehead atoms. The van der Waals surface area contributed by atoms with Crippen molar-refractivity contribution >= 4 is 28.1 Å². The van der Waals surface area contributed by atoms with Gasteiger partial charge in [-0.3, -0.25) is 4.90 Å². The topological polar surface area (TPSA) is 41.5 Å². The Bertz CT molecular complexity index is 937. The number of rotatable bonds is 3. The molecular formula is C22H26N4OS. The van der Waals surface area contributed by atoms with Gasteiger partial charge < -0.3 is 9.64 Å². The molecule has 5 rings (SSSR count). The molecule has 3 aromatic rings. The summed E-state index contributed by atoms with van der Waals surface area (Å²) >= 11 is 1.70. The SMILES string of the molecule is CC1CN(C2CCN(c3nc(-c4cccs4)nc4ccccc34)CC2)CCO1. The largest absolute Gasteiger partial charge is 0.376 e. The monoisotopic (exact) mass is 394 g/mol. The van der Waals surface area contributed by atoms with E-state index in [0.717, 1.165) is 60.2 Å². The van der Waals surface area contributed by atoms with Crippen molar-refractivity contribution in [1.82, 2.24) is 14.9 Å². The molecule has 0 spiro atoms. The van der Waals surface area contributed by atoms with Gasteiger partial charge in [-0.25, -0.2) is 9.97 Å². The van der Waals surface area contributed by atoms with Gasteiger partial charge >= 0.3 is 0 Å². The summed E-state index contributed by atoms with van der Waals surface area (Å²) in [7, 11) is 0. The number of nitrogens with zero attached hydrogens (tertiary/aromatic N) is 4. The van der Waals surface area contributed by atoms with E-state index in [0.29, 0.717) is 12.1 Å². The van der Waals surface area contributed by atoms with Gasteiger partial charge in [-0.15, -0.1) is 11.3 Å². The van der Waals surface area contributed by atoms with Crippen LogP contribution in [0, 0.1) is 0 Å². The van der Waals surface area contributed by atoms with Crippen LogP contribution < -0.4 is 4.90 Å². The van der Waals surface area contributed by atoms with E-state index in [1.807, 2.05) is 0 Å². The average molecular weight is 395 g/mol. The zero-order valence-electron chi connectivity index (χ0n) is 16.3. The molecule has 5 nitrogen and oxygen atoms in total. The van der Waals surface area contributed by atoms with Crippen LogP contribution in [0.2, 0.25) is 0 Å². The first-order chi connectivity index (χ1) is 13.8. The van der Waals surface area contributed by atoms with Gasteiger partial charge in [0.15, 0.2) is 5.82 Å². The predicted molar refractivity (Wildman–Crippen MR) is 115 cm³/mol. The Balaban J connectivity index is 1.40. The second-order valence-corrected chi connectivity index (χ2v) is 8.71. The van der Waals surface area contributed by atoms with Gasteiger partial charge in [0.05, 0.1) is 23.1 Å². The number of para-hydroxylation sites is 1. The smallest absolute Gasteiger partial charge is 0.172 e. The number of thiophene rings is 1. The van der Waals surface area contributed by atoms with Crippen molar-refractivity contribution in [1.29, 1.82) is 0 Å². The third kappa shape index (κ3) is 3.52. The first-order valence-corrected chi connectivity index (χ1v) is 11.1. The summed E-state index contributed by atoms with van der Waals surface area (Å²) in [5.74, 6) is 1.93. The van der Waals surface area contributed by atoms with E-state index in [-0.39, 0.29) is 0 Å². The molecule has 0 N–H and O–H groups in total. The summed E-state index contributed by atoms with van der Waals surface area (Å²) < 4.78 is 5.72. The number of piperidine rings is 1. The maximum absolute atomic E-state index is 5.72. The minimum Gasteiger partial charge on any atom is -0.376 e. The van der Waals surface area contributed by atoms with Crippen LogP contribution in [-0.2, 0) is 4.74 Å². The molecule has 0 radical (unpaired) electrons. The lowest BCUT2D eigenvalue weighted by Gasteiger charge is -2.42. The molecule has 6 heteroatoms. The molecule has 1 atom stereocenters. The van der Waals surface area contributed by atoms with Crippen LogP contribution in [0.15, 0.2) is 41.8 Å². The summed E-state index contributed by atoms with van der Waals surface area (Å²) in [6, 6.07) is 13.2. The highest BCUT2D eigenvalue weighted by molar-refractivity contribution is 7.13. The number of morpholine rings is 1. The molecular weight excluding hydrogens is 368 g/mol. The Morgan fingerprint density at radius 2 is 1.89 bits per heavy atom. The van der Waals surface area contributed by atoms with E-state index < -0.39 is 0 Å². The molecule has 2 aliphatic heterocycles. The number of hydrogen-bond donors (Lipinski definition) is 0. The van der Waals surface area contributed by atoms with Gasteiger partial charge in [-0.2, -0.15) is 0 Å². The van der Waals surface area contributed by atoms with Gasteiger partial charge in [-0.1, -0.05) is 18.2 Å². The predicted octanol–water partition coefficient (Wildman–Crippen LogP) is 4.05. The fourth-order valence-electron chi connectivity index (χ4n) is 4.44. The van der Waals surface area contributed by atoms with Crippen LogP contribution >= 0.6 is 11.3 Å². The van der Waals surface area contributed by atoms with Gasteiger partial charge in [-0.05, 0) is 43.3 Å². The Morgan fingerprint density at radius 1 is 1.04 bits per heavy atom. The number of fused-ring (bicyclic) bond motifs is 1. The molecule has 28 heavy (non-hydrogen) atoms. The minimum absolute atomic E-state index is 0.353. The Hall–Kier alpha value is -2.02. The Morgan fingerprint density at radius 3 is 2.68 bits per heavy atom. The van der Waals surface area contributed by atoms with Crippen molar-refractivity contribution in [2.75, 3.05) is 37.7 Å². The van der Waals surface area contributed by atoms with Crippen molar-refractivity contribution in [3.8, 4) is 10.7 Å². The minimum atomic E-state index is 0.353. The summed E-state index contributed by atoms with van der Waals surface area (Å²) in [5, 5.41) is 3.24. The second kappa shape index (κ2) is 7.78. The van der Waals surface area contributed by atoms with Crippen molar-refractivity contribution < 1.29 is 4.74 Å². The van der Waals surface area contributed by atoms with Crippen LogP contribution in [0.1, 0.15) is 19.8 Å². The van der Waals surface area contributed by atoms with Gasteiger partial charge in [0.25, 0.3) is 0 Å². The second-order valence-electron chi connectivity index (χ2n) is 7.76. The van der Waals surface area contributed by atoms with Crippen LogP contribution in [0.25, 0.3) is 21.6 Å². The number of ether oxygens (including phenoxy) is 1. The van der Waals surface area contributed by atoms with E-state index in [4.69, 9.17) is 14.7 Å². The molecule has 0 amide bonds. The number of hydrogen-bond acceptors (Lipinski definition) is 6. The summed E-state index contributed by atoms with van der Waals surface area (Å²) in [4.78, 5) is 16.0. The van der Waals surface area contributed by atoms with Crippen molar-refractivity contribution in [3.05, 3.63) is 41.8 Å². The Labute approximate surface area is 170 Å². The maximum Gasteiger partial charge on any atom is 0.172 e. The fraction of sp³-hybridized carbons (Fsp3) is 0.455. The lowest BCUT2D eigenvalue weighted by molar-refractivity contribution is -0.0373. The fourth-order valence-corrected chi connectivity index (χ4v) is 5.09. The number of aromatic nitrogens is 2. The third-order valence-electron chi connectivity index (χ3n) is 5.88. The van der Waals surface area contributed by atoms with Crippen LogP contribution in [0.5, 0.6) is 0 Å². The normalized spacial score (nSPS) is 22.0. The van der Waals surface area contributed by atoms with Crippen molar-refractivity contribution in [3.63, 3.8) is 0 Å². The molecule has 2 fully saturated rings. The lowest BCUT2D eigenvalue weighted by atomic mass is 10.0. The molecule has 2 aromatic heterocycles. The molecule has 0 saturated carbocycles. The van der Waals surface area contributed by atoms with Gasteiger partial charge in [0, 0.05) is 37.6 Å². The first-order valence-electron chi connectivity index (χ1n) is 10.2. The summed E-state index contributed by atoms with van der Waals surface area (Å²) in [6.45, 7) is 7.25. The highest BCUT2D eigenvalue weighted by Crippen LogP contribution is 2.31. The van der Waals surface area contributed by atoms with E-state index in [9.17, 15) is 0 Å². The average Bonchev–Trinajstić information content (AvgIpc) is 3.28. The highest BCUT2D eigenvalue weighted by Gasteiger charge is 2.29. The van der Waals surface area contributed by atoms with E-state index in [2.05, 4.69) is 58.5 Å².